The molecule has 0 saturated carbocycles. The van der Waals surface area contributed by atoms with Crippen molar-refractivity contribution in [2.45, 2.75) is 212 Å². The summed E-state index contributed by atoms with van der Waals surface area (Å²) >= 11 is 3.34. The number of nitrogens with one attached hydrogen (secondary N) is 3. The van der Waals surface area contributed by atoms with E-state index in [2.05, 4.69) is 224 Å². The van der Waals surface area contributed by atoms with E-state index in [1.807, 2.05) is 78.6 Å². The predicted molar refractivity (Wildman–Crippen MR) is 466 cm³/mol. The number of nitrogens with two attached hydrogens (primary N) is 1. The molecule has 3 aliphatic carbocycles. The molecular formula is C95H120BrN15O4. The first-order valence-corrected chi connectivity index (χ1v) is 42.8. The first kappa shape index (κ1) is 82.0. The summed E-state index contributed by atoms with van der Waals surface area (Å²) < 4.78 is 12.0. The summed E-state index contributed by atoms with van der Waals surface area (Å²) in [6.45, 7) is 20.1. The third-order valence-electron chi connectivity index (χ3n) is 25.5. The number of alkyl carbamates (subject to hydrolysis) is 2. The Morgan fingerprint density at radius 1 is 0.417 bits per heavy atom. The fourth-order valence-corrected chi connectivity index (χ4v) is 19.9. The molecule has 9 heterocycles. The molecule has 115 heavy (non-hydrogen) atoms. The van der Waals surface area contributed by atoms with Gasteiger partial charge in [-0.2, -0.15) is 0 Å². The topological polar surface area (TPSA) is 208 Å². The Hall–Kier alpha value is -9.50. The fraction of sp³-hybridized carbons (Fsp3) is 0.474. The summed E-state index contributed by atoms with van der Waals surface area (Å²) in [5, 5.41) is 9.99. The minimum atomic E-state index is -0.529. The summed E-state index contributed by atoms with van der Waals surface area (Å²) in [6.07, 6.45) is 31.1. The van der Waals surface area contributed by atoms with E-state index >= 15 is 0 Å². The van der Waals surface area contributed by atoms with E-state index in [-0.39, 0.29) is 54.0 Å². The molecule has 6 aliphatic heterocycles. The van der Waals surface area contributed by atoms with Crippen LogP contribution < -0.4 is 46.2 Å². The summed E-state index contributed by atoms with van der Waals surface area (Å²) in [5.74, 6) is 4.77. The van der Waals surface area contributed by atoms with Gasteiger partial charge in [0.15, 0.2) is 0 Å². The number of hydrogen-bond donors (Lipinski definition) is 4. The Bertz CT molecular complexity index is 4620. The number of amides is 2. The third kappa shape index (κ3) is 19.3. The van der Waals surface area contributed by atoms with E-state index < -0.39 is 11.2 Å². The predicted octanol–water partition coefficient (Wildman–Crippen LogP) is 19.5. The lowest BCUT2D eigenvalue weighted by Gasteiger charge is -2.44. The smallest absolute Gasteiger partial charge is 0.408 e. The number of anilines is 5. The van der Waals surface area contributed by atoms with Crippen molar-refractivity contribution in [3.63, 3.8) is 0 Å². The van der Waals surface area contributed by atoms with Crippen molar-refractivity contribution in [1.82, 2.24) is 45.9 Å². The summed E-state index contributed by atoms with van der Waals surface area (Å²) in [7, 11) is 0. The van der Waals surface area contributed by atoms with Gasteiger partial charge in [-0.3, -0.25) is 0 Å². The Kier molecular flexibility index (Phi) is 25.9. The number of aromatic nitrogens is 6. The fourth-order valence-electron chi connectivity index (χ4n) is 19.7. The number of piperidine rings is 6. The summed E-state index contributed by atoms with van der Waals surface area (Å²) in [4.78, 5) is 65.7. The lowest BCUT2D eigenvalue weighted by molar-refractivity contribution is 0.0418. The van der Waals surface area contributed by atoms with Crippen molar-refractivity contribution in [3.05, 3.63) is 256 Å². The van der Waals surface area contributed by atoms with Gasteiger partial charge in [0.1, 0.15) is 44.9 Å². The maximum absolute atomic E-state index is 12.8. The number of halogens is 1. The molecular weight excluding hydrogens is 1500 g/mol. The Morgan fingerprint density at radius 3 is 1.15 bits per heavy atom. The molecule has 20 heteroatoms. The van der Waals surface area contributed by atoms with Gasteiger partial charge in [0, 0.05) is 75.3 Å². The molecule has 3 aromatic heterocycles. The van der Waals surface area contributed by atoms with Crippen LogP contribution in [0.1, 0.15) is 232 Å². The van der Waals surface area contributed by atoms with E-state index in [4.69, 9.17) is 35.1 Å². The molecule has 9 aliphatic rings. The number of rotatable bonds is 10. The minimum absolute atomic E-state index is 0. The van der Waals surface area contributed by atoms with E-state index in [9.17, 15) is 9.59 Å². The minimum Gasteiger partial charge on any atom is -0.444 e. The van der Waals surface area contributed by atoms with Crippen molar-refractivity contribution in [1.29, 1.82) is 0 Å². The van der Waals surface area contributed by atoms with Gasteiger partial charge in [-0.15, -0.1) is 0 Å². The van der Waals surface area contributed by atoms with Crippen molar-refractivity contribution in [3.8, 4) is 0 Å². The molecule has 2 amide bonds. The number of carbonyl (C=O) groups is 2. The highest BCUT2D eigenvalue weighted by Crippen LogP contribution is 2.55. The molecule has 6 atom stereocenters. The monoisotopic (exact) mass is 1610 g/mol. The Morgan fingerprint density at radius 2 is 0.765 bits per heavy atom. The number of fused-ring (bicyclic) bond motifs is 3. The number of hydrogen-bond acceptors (Lipinski definition) is 17. The van der Waals surface area contributed by atoms with Crippen LogP contribution in [0.25, 0.3) is 0 Å². The maximum Gasteiger partial charge on any atom is 0.408 e. The van der Waals surface area contributed by atoms with Crippen LogP contribution in [0, 0.1) is 16.2 Å². The van der Waals surface area contributed by atoms with Crippen LogP contribution in [-0.2, 0) is 28.7 Å². The maximum atomic E-state index is 12.8. The van der Waals surface area contributed by atoms with E-state index in [1.54, 1.807) is 6.20 Å². The van der Waals surface area contributed by atoms with Crippen LogP contribution in [0.15, 0.2) is 206 Å². The van der Waals surface area contributed by atoms with Gasteiger partial charge in [-0.1, -0.05) is 178 Å². The molecule has 0 radical (unpaired) electrons. The highest BCUT2D eigenvalue weighted by atomic mass is 79.9. The molecule has 6 saturated heterocycles. The molecule has 18 rings (SSSR count). The number of carbonyl (C=O) groups excluding carboxylic acids is 2. The zero-order valence-electron chi connectivity index (χ0n) is 67.6. The van der Waals surface area contributed by atoms with Crippen molar-refractivity contribution in [2.75, 3.05) is 83.4 Å². The van der Waals surface area contributed by atoms with Crippen LogP contribution in [0.3, 0.4) is 0 Å². The van der Waals surface area contributed by atoms with Crippen LogP contribution in [0.5, 0.6) is 0 Å². The van der Waals surface area contributed by atoms with Gasteiger partial charge in [0.2, 0.25) is 0 Å². The first-order chi connectivity index (χ1) is 55.3. The quantitative estimate of drug-likeness (QED) is 0.100. The first-order valence-electron chi connectivity index (χ1n) is 42.0. The van der Waals surface area contributed by atoms with Crippen LogP contribution in [-0.4, -0.2) is 112 Å². The van der Waals surface area contributed by atoms with Gasteiger partial charge >= 0.3 is 12.2 Å². The number of nitrogens with zero attached hydrogens (tertiary/aromatic N) is 11. The molecule has 6 fully saturated rings. The van der Waals surface area contributed by atoms with Gasteiger partial charge < -0.3 is 55.7 Å². The second-order valence-corrected chi connectivity index (χ2v) is 35.9. The Labute approximate surface area is 691 Å². The molecule has 5 N–H and O–H groups in total. The van der Waals surface area contributed by atoms with Crippen molar-refractivity contribution in [2.24, 2.45) is 22.0 Å². The van der Waals surface area contributed by atoms with Crippen LogP contribution in [0.4, 0.5) is 38.7 Å². The van der Waals surface area contributed by atoms with Gasteiger partial charge in [-0.25, -0.2) is 39.5 Å². The summed E-state index contributed by atoms with van der Waals surface area (Å²) in [6, 6.07) is 59.4. The second kappa shape index (κ2) is 36.3. The molecule has 0 unspecified atom stereocenters. The average Bonchev–Trinajstić information content (AvgIpc) is 1.62. The third-order valence-corrected chi connectivity index (χ3v) is 25.9. The highest BCUT2D eigenvalue weighted by molar-refractivity contribution is 9.10. The lowest BCUT2D eigenvalue weighted by atomic mass is 9.72. The van der Waals surface area contributed by atoms with E-state index in [0.717, 1.165) is 150 Å². The van der Waals surface area contributed by atoms with E-state index in [1.165, 1.54) is 108 Å². The number of ether oxygens (including phenoxy) is 2. The zero-order valence-corrected chi connectivity index (χ0v) is 69.2. The highest BCUT2D eigenvalue weighted by Gasteiger charge is 2.51. The van der Waals surface area contributed by atoms with Crippen molar-refractivity contribution >= 4 is 57.2 Å². The molecule has 0 bridgehead atoms. The SMILES string of the molecule is C.CC(C)(C)OC(=O)N[C@@H]1c2ccccc2CC12CCN(c1cnc(Br)cn1)CC2.CC(C)(C)OC(=O)N[C@@H]1c2ccccc2CC12CCN(c1cnc(N3CCCC[C@@H]3c3ccccc3)cn1)CC2.N[C@@H]1c2ccccc2CC12CCN(c1cnc(N3CCCC[C@@H]3c3ccccc3)cn1)CC2.c1ccc([C@H]2CCCCN2)cc1. The summed E-state index contributed by atoms with van der Waals surface area (Å²) in [5.41, 5.74) is 17.9. The largest absolute Gasteiger partial charge is 0.444 e. The second-order valence-electron chi connectivity index (χ2n) is 35.1. The standard InChI is InChI=1S/C33H41N5O2.C28H33N5.C22H27BrN4O2.C11H15N.CH4/c1-32(2,3)40-31(39)36-30-26-14-8-7-13-25(26)21-33(30)16-19-37(20-17-33)28-22-35-29(23-34-28)38-18-10-9-15-27(38)24-11-5-4-6-12-24;29-27-23-11-5-4-10-22(23)18-28(27)13-16-32(17-14-28)25-19-31-26(20-30-25)33-15-7-6-12-24(33)21-8-2-1-3-9-21;1-21(2,3)29-20(28)26-19-16-7-5-4-6-15(16)12-22(19)8-10-27(11-9-22)18-14-24-17(23)13-25-18;1-2-6-10(7-3-1)11-8-4-5-9-12-11;/h4-8,11-14,22-23,27,30H,9-10,15-21H2,1-3H3,(H,36,39);1-5,8-11,19-20,24,27H,6-7,12-18,29H2;4-7,13-14,19H,8-12H2,1-3H3,(H,26,28);1-3,6-7,11-12H,4-5,8-9H2;1H4/t27-,30-;24-,27-;19-;11-;/m1111./s1. The molecule has 3 spiro atoms. The zero-order chi connectivity index (χ0) is 78.9. The van der Waals surface area contributed by atoms with Crippen LogP contribution in [0.2, 0.25) is 0 Å². The number of benzene rings is 6. The van der Waals surface area contributed by atoms with Crippen LogP contribution >= 0.6 is 15.9 Å². The van der Waals surface area contributed by atoms with Gasteiger partial charge in [-0.05, 0) is 229 Å². The molecule has 9 aromatic rings. The molecule has 19 nitrogen and oxygen atoms in total. The van der Waals surface area contributed by atoms with Crippen molar-refractivity contribution < 1.29 is 19.1 Å². The van der Waals surface area contributed by atoms with E-state index in [0.29, 0.717) is 18.1 Å². The Balaban J connectivity index is 0.000000133. The molecule has 606 valence electrons. The normalized spacial score (nSPS) is 22.3. The lowest BCUT2D eigenvalue weighted by Crippen LogP contribution is -2.48. The van der Waals surface area contributed by atoms with Gasteiger partial charge in [0.05, 0.1) is 61.3 Å². The average molecular weight is 1620 g/mol. The van der Waals surface area contributed by atoms with Gasteiger partial charge in [0.25, 0.3) is 0 Å². The molecule has 6 aromatic carbocycles.